The minimum absolute atomic E-state index is 0.439. The van der Waals surface area contributed by atoms with E-state index in [0.29, 0.717) is 6.04 Å². The molecule has 3 aromatic carbocycles. The van der Waals surface area contributed by atoms with Gasteiger partial charge in [0.25, 0.3) is 0 Å². The highest BCUT2D eigenvalue weighted by atomic mass is 79.9. The Morgan fingerprint density at radius 1 is 0.905 bits per heavy atom. The SMILES string of the molecule is Brc1ccc2cc(NC3CCc4ccccc43)ccc2c1. The summed E-state index contributed by atoms with van der Waals surface area (Å²) in [6.45, 7) is 0. The lowest BCUT2D eigenvalue weighted by atomic mass is 10.1. The summed E-state index contributed by atoms with van der Waals surface area (Å²) in [5.41, 5.74) is 4.14. The number of aryl methyl sites for hydroxylation is 1. The quantitative estimate of drug-likeness (QED) is 0.632. The van der Waals surface area contributed by atoms with E-state index in [0.717, 1.165) is 4.47 Å². The number of halogens is 1. The lowest BCUT2D eigenvalue weighted by Crippen LogP contribution is -2.06. The number of fused-ring (bicyclic) bond motifs is 2. The van der Waals surface area contributed by atoms with Crippen LogP contribution in [0.15, 0.2) is 65.1 Å². The van der Waals surface area contributed by atoms with E-state index < -0.39 is 0 Å². The third-order valence-electron chi connectivity index (χ3n) is 4.28. The number of rotatable bonds is 2. The minimum Gasteiger partial charge on any atom is -0.378 e. The summed E-state index contributed by atoms with van der Waals surface area (Å²) in [7, 11) is 0. The Balaban J connectivity index is 1.65. The second-order valence-corrected chi connectivity index (χ2v) is 6.56. The zero-order valence-electron chi connectivity index (χ0n) is 11.6. The number of anilines is 1. The first-order chi connectivity index (χ1) is 10.3. The van der Waals surface area contributed by atoms with E-state index in [1.807, 2.05) is 0 Å². The molecular formula is C19H16BrN. The predicted octanol–water partition coefficient (Wildman–Crippen LogP) is 5.70. The van der Waals surface area contributed by atoms with E-state index in [1.54, 1.807) is 0 Å². The Morgan fingerprint density at radius 2 is 1.71 bits per heavy atom. The second-order valence-electron chi connectivity index (χ2n) is 5.64. The minimum atomic E-state index is 0.439. The van der Waals surface area contributed by atoms with Crippen LogP contribution in [0.5, 0.6) is 0 Å². The van der Waals surface area contributed by atoms with Gasteiger partial charge in [-0.1, -0.05) is 52.3 Å². The zero-order chi connectivity index (χ0) is 14.2. The van der Waals surface area contributed by atoms with Gasteiger partial charge in [-0.25, -0.2) is 0 Å². The van der Waals surface area contributed by atoms with Crippen LogP contribution >= 0.6 is 15.9 Å². The van der Waals surface area contributed by atoms with Crippen molar-refractivity contribution in [2.75, 3.05) is 5.32 Å². The molecule has 104 valence electrons. The van der Waals surface area contributed by atoms with E-state index in [-0.39, 0.29) is 0 Å². The molecule has 0 spiro atoms. The number of nitrogens with one attached hydrogen (secondary N) is 1. The summed E-state index contributed by atoms with van der Waals surface area (Å²) in [6, 6.07) is 22.2. The van der Waals surface area contributed by atoms with E-state index in [9.17, 15) is 0 Å². The fraction of sp³-hybridized carbons (Fsp3) is 0.158. The monoisotopic (exact) mass is 337 g/mol. The predicted molar refractivity (Wildman–Crippen MR) is 92.8 cm³/mol. The lowest BCUT2D eigenvalue weighted by Gasteiger charge is -2.16. The van der Waals surface area contributed by atoms with E-state index >= 15 is 0 Å². The van der Waals surface area contributed by atoms with Crippen LogP contribution in [0.25, 0.3) is 10.8 Å². The molecule has 0 aromatic heterocycles. The third kappa shape index (κ3) is 2.44. The van der Waals surface area contributed by atoms with Gasteiger partial charge in [-0.2, -0.15) is 0 Å². The van der Waals surface area contributed by atoms with Crippen LogP contribution in [0.2, 0.25) is 0 Å². The van der Waals surface area contributed by atoms with Crippen LogP contribution in [0.1, 0.15) is 23.6 Å². The topological polar surface area (TPSA) is 12.0 Å². The maximum atomic E-state index is 3.69. The number of hydrogen-bond donors (Lipinski definition) is 1. The Bertz CT molecular complexity index is 810. The van der Waals surface area contributed by atoms with Crippen molar-refractivity contribution in [3.63, 3.8) is 0 Å². The number of hydrogen-bond acceptors (Lipinski definition) is 1. The molecule has 0 bridgehead atoms. The van der Waals surface area contributed by atoms with Crippen LogP contribution in [0.4, 0.5) is 5.69 Å². The van der Waals surface area contributed by atoms with Crippen molar-refractivity contribution in [3.05, 3.63) is 76.3 Å². The molecule has 1 atom stereocenters. The highest BCUT2D eigenvalue weighted by Gasteiger charge is 2.21. The molecule has 0 fully saturated rings. The molecule has 21 heavy (non-hydrogen) atoms. The van der Waals surface area contributed by atoms with E-state index in [4.69, 9.17) is 0 Å². The van der Waals surface area contributed by atoms with E-state index in [1.165, 1.54) is 40.4 Å². The Labute approximate surface area is 133 Å². The first kappa shape index (κ1) is 12.9. The van der Waals surface area contributed by atoms with Crippen molar-refractivity contribution in [1.29, 1.82) is 0 Å². The van der Waals surface area contributed by atoms with Gasteiger partial charge in [0.1, 0.15) is 0 Å². The summed E-state index contributed by atoms with van der Waals surface area (Å²) in [4.78, 5) is 0. The van der Waals surface area contributed by atoms with Crippen LogP contribution in [0, 0.1) is 0 Å². The van der Waals surface area contributed by atoms with Crippen molar-refractivity contribution in [1.82, 2.24) is 0 Å². The highest BCUT2D eigenvalue weighted by Crippen LogP contribution is 2.34. The van der Waals surface area contributed by atoms with Gasteiger partial charge in [0.15, 0.2) is 0 Å². The maximum Gasteiger partial charge on any atom is 0.0519 e. The normalized spacial score (nSPS) is 16.9. The smallest absolute Gasteiger partial charge is 0.0519 e. The van der Waals surface area contributed by atoms with Crippen molar-refractivity contribution in [2.45, 2.75) is 18.9 Å². The number of benzene rings is 3. The van der Waals surface area contributed by atoms with Gasteiger partial charge in [-0.15, -0.1) is 0 Å². The first-order valence-corrected chi connectivity index (χ1v) is 8.12. The van der Waals surface area contributed by atoms with Gasteiger partial charge in [-0.05, 0) is 59.0 Å². The molecule has 1 unspecified atom stereocenters. The molecule has 3 aromatic rings. The summed E-state index contributed by atoms with van der Waals surface area (Å²) >= 11 is 3.52. The van der Waals surface area contributed by atoms with Gasteiger partial charge in [0.05, 0.1) is 6.04 Å². The molecule has 1 aliphatic carbocycles. The second kappa shape index (κ2) is 5.19. The van der Waals surface area contributed by atoms with Crippen molar-refractivity contribution >= 4 is 32.4 Å². The van der Waals surface area contributed by atoms with Crippen LogP contribution in [-0.2, 0) is 6.42 Å². The molecule has 0 radical (unpaired) electrons. The summed E-state index contributed by atoms with van der Waals surface area (Å²) in [5, 5.41) is 6.23. The van der Waals surface area contributed by atoms with Crippen molar-refractivity contribution in [2.24, 2.45) is 0 Å². The Kier molecular flexibility index (Phi) is 3.19. The summed E-state index contributed by atoms with van der Waals surface area (Å²) in [6.07, 6.45) is 2.35. The fourth-order valence-electron chi connectivity index (χ4n) is 3.21. The van der Waals surface area contributed by atoms with Gasteiger partial charge in [-0.3, -0.25) is 0 Å². The molecule has 0 saturated heterocycles. The molecule has 4 rings (SSSR count). The summed E-state index contributed by atoms with van der Waals surface area (Å²) in [5.74, 6) is 0. The largest absolute Gasteiger partial charge is 0.378 e. The lowest BCUT2D eigenvalue weighted by molar-refractivity contribution is 0.762. The molecule has 1 N–H and O–H groups in total. The Morgan fingerprint density at radius 3 is 2.67 bits per heavy atom. The van der Waals surface area contributed by atoms with Crippen LogP contribution in [0.3, 0.4) is 0 Å². The van der Waals surface area contributed by atoms with Gasteiger partial charge in [0, 0.05) is 10.2 Å². The van der Waals surface area contributed by atoms with Gasteiger partial charge >= 0.3 is 0 Å². The third-order valence-corrected chi connectivity index (χ3v) is 4.77. The van der Waals surface area contributed by atoms with Gasteiger partial charge < -0.3 is 5.32 Å². The average Bonchev–Trinajstić information content (AvgIpc) is 2.91. The molecule has 0 heterocycles. The van der Waals surface area contributed by atoms with Gasteiger partial charge in [0.2, 0.25) is 0 Å². The maximum absolute atomic E-state index is 3.69. The molecule has 1 aliphatic rings. The molecule has 1 nitrogen and oxygen atoms in total. The zero-order valence-corrected chi connectivity index (χ0v) is 13.2. The van der Waals surface area contributed by atoms with Crippen LogP contribution < -0.4 is 5.32 Å². The molecule has 0 amide bonds. The summed E-state index contributed by atoms with van der Waals surface area (Å²) < 4.78 is 1.13. The molecule has 0 saturated carbocycles. The average molecular weight is 338 g/mol. The first-order valence-electron chi connectivity index (χ1n) is 7.33. The van der Waals surface area contributed by atoms with Crippen molar-refractivity contribution in [3.8, 4) is 0 Å². The standard InChI is InChI=1S/C19H16BrN/c20-16-8-5-15-12-17(9-6-14(15)11-16)21-19-10-7-13-3-1-2-4-18(13)19/h1-6,8-9,11-12,19,21H,7,10H2. The van der Waals surface area contributed by atoms with Crippen molar-refractivity contribution < 1.29 is 0 Å². The molecule has 0 aliphatic heterocycles. The molecule has 2 heteroatoms. The fourth-order valence-corrected chi connectivity index (χ4v) is 3.59. The Hall–Kier alpha value is -1.80. The molecular weight excluding hydrogens is 322 g/mol. The van der Waals surface area contributed by atoms with Crippen LogP contribution in [-0.4, -0.2) is 0 Å². The highest BCUT2D eigenvalue weighted by molar-refractivity contribution is 9.10. The van der Waals surface area contributed by atoms with E-state index in [2.05, 4.69) is 81.9 Å².